The Hall–Kier alpha value is -11.1. The highest BCUT2D eigenvalue weighted by atomic mass is 19.2. The van der Waals surface area contributed by atoms with E-state index in [1.165, 1.54) is 72.3 Å². The lowest BCUT2D eigenvalue weighted by atomic mass is 10.2. The number of hydrogen-bond acceptors (Lipinski definition) is 15. The molecule has 12 aromatic rings. The van der Waals surface area contributed by atoms with Gasteiger partial charge in [0, 0.05) is 34.9 Å². The van der Waals surface area contributed by atoms with Crippen LogP contribution in [0.15, 0.2) is 183 Å². The number of nitrogen functional groups attached to an aromatic ring is 1. The molecular formula is C57H41F6N15O5. The second-order valence-corrected chi connectivity index (χ2v) is 18.4. The topological polar surface area (TPSA) is 258 Å². The molecule has 416 valence electrons. The average molecular weight is 1130 g/mol. The first-order valence-corrected chi connectivity index (χ1v) is 25.0. The van der Waals surface area contributed by atoms with Gasteiger partial charge in [0.15, 0.2) is 23.1 Å². The van der Waals surface area contributed by atoms with Crippen LogP contribution in [0.3, 0.4) is 0 Å². The molecule has 26 heteroatoms. The largest absolute Gasteiger partial charge is 0.443 e. The molecule has 83 heavy (non-hydrogen) atoms. The Morgan fingerprint density at radius 3 is 1.65 bits per heavy atom. The number of hydrogen-bond donors (Lipinski definition) is 3. The van der Waals surface area contributed by atoms with E-state index in [9.17, 15) is 35.9 Å². The van der Waals surface area contributed by atoms with Crippen LogP contribution in [0.2, 0.25) is 0 Å². The molecule has 0 radical (unpaired) electrons. The van der Waals surface area contributed by atoms with Crippen molar-refractivity contribution in [2.24, 2.45) is 0 Å². The lowest BCUT2D eigenvalue weighted by Crippen LogP contribution is -2.26. The van der Waals surface area contributed by atoms with E-state index in [1.807, 2.05) is 0 Å². The summed E-state index contributed by atoms with van der Waals surface area (Å²) >= 11 is 0. The molecule has 13 rings (SSSR count). The lowest BCUT2D eigenvalue weighted by Gasteiger charge is -2.09. The van der Waals surface area contributed by atoms with E-state index in [2.05, 4.69) is 55.8 Å². The number of oxazole rings is 1. The summed E-state index contributed by atoms with van der Waals surface area (Å²) in [6, 6.07) is 33.0. The smallest absolute Gasteiger partial charge is 0.284 e. The molecule has 1 aliphatic carbocycles. The van der Waals surface area contributed by atoms with Crippen molar-refractivity contribution in [1.29, 1.82) is 0 Å². The fourth-order valence-corrected chi connectivity index (χ4v) is 8.28. The van der Waals surface area contributed by atoms with Crippen LogP contribution in [-0.2, 0) is 24.4 Å². The molecule has 9 heterocycles. The predicted octanol–water partition coefficient (Wildman–Crippen LogP) is 10.4. The summed E-state index contributed by atoms with van der Waals surface area (Å²) < 4.78 is 102. The van der Waals surface area contributed by atoms with Crippen molar-refractivity contribution in [3.63, 3.8) is 0 Å². The third-order valence-corrected chi connectivity index (χ3v) is 12.7. The first-order chi connectivity index (χ1) is 40.2. The first-order valence-electron chi connectivity index (χ1n) is 25.0. The number of carbonyl (C=O) groups is 1. The number of benzene rings is 3. The zero-order valence-electron chi connectivity index (χ0n) is 42.9. The molecule has 1 aliphatic rings. The maximum Gasteiger partial charge on any atom is 0.284 e. The molecule has 0 saturated heterocycles. The molecule has 0 spiro atoms. The number of nitrogens with two attached hydrogens (primary N) is 1. The average Bonchev–Trinajstić information content (AvgIpc) is 4.49. The minimum atomic E-state index is -1.85. The van der Waals surface area contributed by atoms with Gasteiger partial charge in [-0.1, -0.05) is 64.9 Å². The lowest BCUT2D eigenvalue weighted by molar-refractivity contribution is -0.122. The van der Waals surface area contributed by atoms with E-state index in [0.717, 1.165) is 12.3 Å². The fraction of sp³-hybridized carbons (Fsp3) is 0.105. The second-order valence-electron chi connectivity index (χ2n) is 18.4. The van der Waals surface area contributed by atoms with Gasteiger partial charge in [0.1, 0.15) is 81.9 Å². The minimum absolute atomic E-state index is 0.0334. The van der Waals surface area contributed by atoms with Gasteiger partial charge in [0.25, 0.3) is 11.5 Å². The van der Waals surface area contributed by atoms with Crippen molar-refractivity contribution in [3.8, 4) is 68.7 Å². The van der Waals surface area contributed by atoms with Crippen molar-refractivity contribution in [2.45, 2.75) is 38.1 Å². The fourth-order valence-electron chi connectivity index (χ4n) is 8.28. The van der Waals surface area contributed by atoms with E-state index in [4.69, 9.17) is 19.2 Å². The van der Waals surface area contributed by atoms with Crippen molar-refractivity contribution >= 4 is 17.4 Å². The van der Waals surface area contributed by atoms with Gasteiger partial charge in [0.2, 0.25) is 5.89 Å². The standard InChI is InChI=1S/C21H17F2N7O2.C18H12F2N4O2.C18H12F2N4O/c22-13-4-2-1-3-12(13)11-30-16(19-25-7-8-32-19)9-14(29-30)18-26-10-15(17(24)28-18)27-20(31)21(23)5-6-21;19-12-4-2-1-3-11(12)10-24-17(15-7-8-26-23-15)9-16(22-24)14-6-5-13(20)18(25)21-14;19-13-5-6-15(21-10-13)17-9-18(16-7-8-25-23-16)24(22-17)11-12-3-1-2-4-14(12)20/h1-4,7-10H,5-6,11H2,(H,27,31)(H2,24,26,28);1-9H,10H2,(H,21,25);1-10H,11H2. The summed E-state index contributed by atoms with van der Waals surface area (Å²) in [4.78, 5) is 42.4. The first kappa shape index (κ1) is 53.9. The number of nitrogens with zero attached hydrogens (tertiary/aromatic N) is 12. The third kappa shape index (κ3) is 12.2. The van der Waals surface area contributed by atoms with Crippen LogP contribution in [-0.4, -0.2) is 76.2 Å². The number of H-pyrrole nitrogens is 1. The molecule has 3 aromatic carbocycles. The molecule has 0 bridgehead atoms. The van der Waals surface area contributed by atoms with Gasteiger partial charge in [-0.25, -0.2) is 41.3 Å². The molecule has 1 fully saturated rings. The number of nitrogens with one attached hydrogen (secondary N) is 2. The van der Waals surface area contributed by atoms with E-state index in [1.54, 1.807) is 94.3 Å². The Bertz CT molecular complexity index is 4270. The maximum absolute atomic E-state index is 14.2. The Labute approximate surface area is 463 Å². The molecule has 20 nitrogen and oxygen atoms in total. The third-order valence-electron chi connectivity index (χ3n) is 12.7. The number of anilines is 2. The van der Waals surface area contributed by atoms with Gasteiger partial charge in [-0.05, 0) is 67.4 Å². The van der Waals surface area contributed by atoms with Crippen molar-refractivity contribution in [2.75, 3.05) is 11.1 Å². The molecule has 1 amide bonds. The van der Waals surface area contributed by atoms with Gasteiger partial charge in [0.05, 0.1) is 61.0 Å². The number of rotatable bonds is 14. The highest BCUT2D eigenvalue weighted by Gasteiger charge is 2.51. The summed E-state index contributed by atoms with van der Waals surface area (Å²) in [5, 5.41) is 23.6. The van der Waals surface area contributed by atoms with Crippen molar-refractivity contribution < 1.29 is 44.6 Å². The zero-order valence-corrected chi connectivity index (χ0v) is 42.9. The number of alkyl halides is 1. The SMILES string of the molecule is Fc1ccc(-c2cc(-c3ccon3)n(Cc3ccccc3F)n2)nc1.Nc1nc(-c2cc(-c3ncco3)n(Cc3ccccc3F)n2)ncc1NC(=O)C1(F)CC1.O=c1[nH]c(-c2cc(-c3ccon3)n(Cc3ccccc3F)n2)ccc1F. The van der Waals surface area contributed by atoms with Crippen LogP contribution in [0.4, 0.5) is 37.8 Å². The van der Waals surface area contributed by atoms with E-state index in [0.29, 0.717) is 73.6 Å². The zero-order chi connectivity index (χ0) is 57.6. The highest BCUT2D eigenvalue weighted by molar-refractivity contribution is 6.00. The van der Waals surface area contributed by atoms with Gasteiger partial charge in [-0.15, -0.1) is 0 Å². The summed E-state index contributed by atoms with van der Waals surface area (Å²) in [5.41, 5.74) is 9.65. The Morgan fingerprint density at radius 2 is 1.14 bits per heavy atom. The van der Waals surface area contributed by atoms with E-state index in [-0.39, 0.29) is 73.1 Å². The summed E-state index contributed by atoms with van der Waals surface area (Å²) in [5.74, 6) is -2.69. The number of halogens is 6. The summed E-state index contributed by atoms with van der Waals surface area (Å²) in [7, 11) is 0. The summed E-state index contributed by atoms with van der Waals surface area (Å²) in [6.07, 6.45) is 8.54. The van der Waals surface area contributed by atoms with Gasteiger partial charge >= 0.3 is 0 Å². The highest BCUT2D eigenvalue weighted by Crippen LogP contribution is 2.41. The van der Waals surface area contributed by atoms with Crippen LogP contribution in [0.5, 0.6) is 0 Å². The number of pyridine rings is 2. The molecule has 9 aromatic heterocycles. The molecule has 0 unspecified atom stereocenters. The van der Waals surface area contributed by atoms with Gasteiger partial charge < -0.3 is 29.5 Å². The normalized spacial score (nSPS) is 12.3. The predicted molar refractivity (Wildman–Crippen MR) is 286 cm³/mol. The Kier molecular flexibility index (Phi) is 15.2. The number of aromatic amines is 1. The van der Waals surface area contributed by atoms with E-state index < -0.39 is 28.8 Å². The minimum Gasteiger partial charge on any atom is -0.443 e. The molecule has 1 saturated carbocycles. The molecule has 4 N–H and O–H groups in total. The van der Waals surface area contributed by atoms with Crippen LogP contribution < -0.4 is 16.6 Å². The Morgan fingerprint density at radius 1 is 0.590 bits per heavy atom. The molecular weight excluding hydrogens is 1090 g/mol. The van der Waals surface area contributed by atoms with Crippen LogP contribution in [0, 0.1) is 29.1 Å². The molecule has 0 atom stereocenters. The van der Waals surface area contributed by atoms with E-state index >= 15 is 0 Å². The number of amides is 1. The number of aromatic nitrogens is 13. The van der Waals surface area contributed by atoms with Gasteiger partial charge in [-0.2, -0.15) is 15.3 Å². The van der Waals surface area contributed by atoms with Crippen molar-refractivity contribution in [3.05, 3.63) is 221 Å². The van der Waals surface area contributed by atoms with Crippen LogP contribution in [0.25, 0.3) is 68.7 Å². The second kappa shape index (κ2) is 23.3. The Balaban J connectivity index is 0.000000132. The quantitative estimate of drug-likeness (QED) is 0.0856. The summed E-state index contributed by atoms with van der Waals surface area (Å²) in [6.45, 7) is 0.489. The monoisotopic (exact) mass is 1130 g/mol. The van der Waals surface area contributed by atoms with Crippen LogP contribution >= 0.6 is 0 Å². The van der Waals surface area contributed by atoms with Gasteiger partial charge in [-0.3, -0.25) is 28.6 Å². The maximum atomic E-state index is 14.2. The van der Waals surface area contributed by atoms with Crippen LogP contribution in [0.1, 0.15) is 29.5 Å². The molecule has 0 aliphatic heterocycles. The van der Waals surface area contributed by atoms with Crippen molar-refractivity contribution in [1.82, 2.24) is 64.6 Å². The number of carbonyl (C=O) groups excluding carboxylic acids is 1.